The summed E-state index contributed by atoms with van der Waals surface area (Å²) in [6.07, 6.45) is 8.97. The SMILES string of the molecule is CCC(=O)CC1C=CC(N2CCOCC2)=CC1(Cc1ccc(C)cc1)N(C)C. The average molecular weight is 383 g/mol. The van der Waals surface area contributed by atoms with Crippen molar-refractivity contribution in [2.24, 2.45) is 5.92 Å². The van der Waals surface area contributed by atoms with E-state index in [1.165, 1.54) is 16.8 Å². The molecule has 28 heavy (non-hydrogen) atoms. The molecule has 1 aromatic rings. The number of likely N-dealkylation sites (N-methyl/N-ethyl adjacent to an activating group) is 1. The Balaban J connectivity index is 1.98. The first-order valence-corrected chi connectivity index (χ1v) is 10.4. The van der Waals surface area contributed by atoms with E-state index < -0.39 is 0 Å². The Bertz CT molecular complexity index is 729. The zero-order chi connectivity index (χ0) is 20.1. The van der Waals surface area contributed by atoms with Gasteiger partial charge in [0.15, 0.2) is 0 Å². The molecule has 1 saturated heterocycles. The molecule has 4 nitrogen and oxygen atoms in total. The lowest BCUT2D eigenvalue weighted by atomic mass is 9.72. The van der Waals surface area contributed by atoms with Crippen LogP contribution in [-0.4, -0.2) is 61.5 Å². The maximum Gasteiger partial charge on any atom is 0.133 e. The molecule has 1 aliphatic carbocycles. The molecule has 0 radical (unpaired) electrons. The second-order valence-corrected chi connectivity index (χ2v) is 8.28. The summed E-state index contributed by atoms with van der Waals surface area (Å²) in [5.41, 5.74) is 3.61. The van der Waals surface area contributed by atoms with Gasteiger partial charge in [-0.05, 0) is 45.2 Å². The maximum atomic E-state index is 12.4. The molecule has 0 spiro atoms. The number of nitrogens with zero attached hydrogens (tertiary/aromatic N) is 2. The molecule has 0 aromatic heterocycles. The molecular formula is C24H34N2O2. The van der Waals surface area contributed by atoms with Crippen LogP contribution in [0.25, 0.3) is 0 Å². The Labute approximate surface area is 169 Å². The number of hydrogen-bond donors (Lipinski definition) is 0. The van der Waals surface area contributed by atoms with Crippen LogP contribution < -0.4 is 0 Å². The van der Waals surface area contributed by atoms with Gasteiger partial charge in [-0.3, -0.25) is 9.69 Å². The van der Waals surface area contributed by atoms with Crippen molar-refractivity contribution in [2.75, 3.05) is 40.4 Å². The average Bonchev–Trinajstić information content (AvgIpc) is 2.71. The second-order valence-electron chi connectivity index (χ2n) is 8.28. The number of allylic oxidation sites excluding steroid dienone is 1. The molecule has 2 atom stereocenters. The lowest BCUT2D eigenvalue weighted by Crippen LogP contribution is -2.53. The van der Waals surface area contributed by atoms with Crippen LogP contribution >= 0.6 is 0 Å². The Morgan fingerprint density at radius 2 is 1.89 bits per heavy atom. The minimum Gasteiger partial charge on any atom is -0.378 e. The van der Waals surface area contributed by atoms with Gasteiger partial charge in [0.2, 0.25) is 0 Å². The van der Waals surface area contributed by atoms with Gasteiger partial charge in [0, 0.05) is 37.5 Å². The summed E-state index contributed by atoms with van der Waals surface area (Å²) >= 11 is 0. The molecule has 2 aliphatic rings. The second kappa shape index (κ2) is 9.06. The summed E-state index contributed by atoms with van der Waals surface area (Å²) in [5, 5.41) is 0. The standard InChI is InChI=1S/C24H34N2O2/c1-5-23(27)16-21-10-11-22(26-12-14-28-15-13-26)18-24(21,25(3)4)17-20-8-6-19(2)7-9-20/h6-11,18,21H,5,12-17H2,1-4H3. The smallest absolute Gasteiger partial charge is 0.133 e. The van der Waals surface area contributed by atoms with Crippen LogP contribution in [0.3, 0.4) is 0 Å². The zero-order valence-electron chi connectivity index (χ0n) is 17.8. The fraction of sp³-hybridized carbons (Fsp3) is 0.542. The quantitative estimate of drug-likeness (QED) is 0.721. The number of aryl methyl sites for hydroxylation is 1. The normalized spacial score (nSPS) is 25.1. The van der Waals surface area contributed by atoms with Crippen molar-refractivity contribution >= 4 is 5.78 Å². The number of rotatable bonds is 7. The van der Waals surface area contributed by atoms with Gasteiger partial charge in [-0.15, -0.1) is 0 Å². The zero-order valence-corrected chi connectivity index (χ0v) is 17.8. The van der Waals surface area contributed by atoms with Crippen LogP contribution in [0.15, 0.2) is 48.2 Å². The molecule has 3 rings (SSSR count). The molecule has 1 aliphatic heterocycles. The maximum absolute atomic E-state index is 12.4. The number of Topliss-reactive ketones (excluding diaryl/α,β-unsaturated/α-hetero) is 1. The fourth-order valence-electron chi connectivity index (χ4n) is 4.28. The molecule has 1 fully saturated rings. The van der Waals surface area contributed by atoms with E-state index in [9.17, 15) is 4.79 Å². The molecule has 1 aromatic carbocycles. The van der Waals surface area contributed by atoms with Crippen molar-refractivity contribution in [3.63, 3.8) is 0 Å². The largest absolute Gasteiger partial charge is 0.378 e. The highest BCUT2D eigenvalue weighted by Gasteiger charge is 2.41. The highest BCUT2D eigenvalue weighted by atomic mass is 16.5. The van der Waals surface area contributed by atoms with Gasteiger partial charge in [0.25, 0.3) is 0 Å². The van der Waals surface area contributed by atoms with Crippen LogP contribution in [0, 0.1) is 12.8 Å². The first-order valence-electron chi connectivity index (χ1n) is 10.4. The first kappa shape index (κ1) is 20.8. The molecule has 0 amide bonds. The summed E-state index contributed by atoms with van der Waals surface area (Å²) < 4.78 is 5.54. The van der Waals surface area contributed by atoms with Crippen molar-refractivity contribution in [1.29, 1.82) is 0 Å². The van der Waals surface area contributed by atoms with Crippen molar-refractivity contribution in [1.82, 2.24) is 9.80 Å². The van der Waals surface area contributed by atoms with E-state index in [0.29, 0.717) is 18.6 Å². The Morgan fingerprint density at radius 1 is 1.21 bits per heavy atom. The summed E-state index contributed by atoms with van der Waals surface area (Å²) in [4.78, 5) is 17.1. The van der Waals surface area contributed by atoms with E-state index in [1.54, 1.807) is 0 Å². The molecule has 4 heteroatoms. The van der Waals surface area contributed by atoms with Gasteiger partial charge in [-0.25, -0.2) is 0 Å². The Hall–Kier alpha value is -1.91. The van der Waals surface area contributed by atoms with Gasteiger partial charge in [0.1, 0.15) is 5.78 Å². The third-order valence-electron chi connectivity index (χ3n) is 6.20. The number of ether oxygens (including phenoxy) is 1. The van der Waals surface area contributed by atoms with Crippen molar-refractivity contribution in [3.8, 4) is 0 Å². The lowest BCUT2D eigenvalue weighted by molar-refractivity contribution is -0.120. The van der Waals surface area contributed by atoms with E-state index >= 15 is 0 Å². The molecule has 0 saturated carbocycles. The summed E-state index contributed by atoms with van der Waals surface area (Å²) in [6.45, 7) is 7.46. The van der Waals surface area contributed by atoms with Gasteiger partial charge >= 0.3 is 0 Å². The lowest BCUT2D eigenvalue weighted by Gasteiger charge is -2.46. The van der Waals surface area contributed by atoms with E-state index in [0.717, 1.165) is 32.7 Å². The highest BCUT2D eigenvalue weighted by Crippen LogP contribution is 2.38. The van der Waals surface area contributed by atoms with E-state index in [-0.39, 0.29) is 11.5 Å². The van der Waals surface area contributed by atoms with Crippen molar-refractivity contribution < 1.29 is 9.53 Å². The molecule has 1 heterocycles. The number of morpholine rings is 1. The van der Waals surface area contributed by atoms with Crippen molar-refractivity contribution in [3.05, 3.63) is 59.3 Å². The minimum atomic E-state index is -0.220. The third kappa shape index (κ3) is 4.56. The Kier molecular flexibility index (Phi) is 6.73. The topological polar surface area (TPSA) is 32.8 Å². The monoisotopic (exact) mass is 382 g/mol. The first-order chi connectivity index (χ1) is 13.4. The molecule has 0 N–H and O–H groups in total. The van der Waals surface area contributed by atoms with Crippen LogP contribution in [0.5, 0.6) is 0 Å². The van der Waals surface area contributed by atoms with E-state index in [2.05, 4.69) is 73.3 Å². The molecule has 152 valence electrons. The minimum absolute atomic E-state index is 0.168. The van der Waals surface area contributed by atoms with Gasteiger partial charge < -0.3 is 9.64 Å². The molecule has 2 unspecified atom stereocenters. The van der Waals surface area contributed by atoms with Crippen LogP contribution in [-0.2, 0) is 16.0 Å². The molecular weight excluding hydrogens is 348 g/mol. The van der Waals surface area contributed by atoms with Crippen LogP contribution in [0.1, 0.15) is 30.9 Å². The van der Waals surface area contributed by atoms with Gasteiger partial charge in [-0.2, -0.15) is 0 Å². The highest BCUT2D eigenvalue weighted by molar-refractivity contribution is 5.78. The molecule has 0 bridgehead atoms. The third-order valence-corrected chi connectivity index (χ3v) is 6.20. The Morgan fingerprint density at radius 3 is 2.50 bits per heavy atom. The van der Waals surface area contributed by atoms with E-state index in [1.807, 2.05) is 6.92 Å². The fourth-order valence-corrected chi connectivity index (χ4v) is 4.28. The van der Waals surface area contributed by atoms with Gasteiger partial charge in [0.05, 0.1) is 18.8 Å². The van der Waals surface area contributed by atoms with Crippen molar-refractivity contribution in [2.45, 2.75) is 38.6 Å². The number of carbonyl (C=O) groups is 1. The predicted molar refractivity (Wildman–Crippen MR) is 114 cm³/mol. The number of ketones is 1. The summed E-state index contributed by atoms with van der Waals surface area (Å²) in [7, 11) is 4.29. The summed E-state index contributed by atoms with van der Waals surface area (Å²) in [5.74, 6) is 0.494. The predicted octanol–water partition coefficient (Wildman–Crippen LogP) is 3.61. The number of benzene rings is 1. The van der Waals surface area contributed by atoms with E-state index in [4.69, 9.17) is 4.74 Å². The van der Waals surface area contributed by atoms with Crippen LogP contribution in [0.4, 0.5) is 0 Å². The van der Waals surface area contributed by atoms with Crippen LogP contribution in [0.2, 0.25) is 0 Å². The number of hydrogen-bond acceptors (Lipinski definition) is 4. The van der Waals surface area contributed by atoms with Gasteiger partial charge in [-0.1, -0.05) is 42.8 Å². The number of carbonyl (C=O) groups excluding carboxylic acids is 1. The summed E-state index contributed by atoms with van der Waals surface area (Å²) in [6, 6.07) is 8.80.